The van der Waals surface area contributed by atoms with Crippen LogP contribution in [0, 0.1) is 0 Å². The highest BCUT2D eigenvalue weighted by Crippen LogP contribution is 2.21. The van der Waals surface area contributed by atoms with Crippen molar-refractivity contribution in [3.63, 3.8) is 0 Å². The first-order valence-electron chi connectivity index (χ1n) is 5.05. The van der Waals surface area contributed by atoms with Gasteiger partial charge in [0.15, 0.2) is 0 Å². The molecule has 2 N–H and O–H groups in total. The number of nitrogens with two attached hydrogens (primary N) is 1. The lowest BCUT2D eigenvalue weighted by atomic mass is 10.2. The molecular formula is C12H16N2O. The summed E-state index contributed by atoms with van der Waals surface area (Å²) in [7, 11) is 4.05. The summed E-state index contributed by atoms with van der Waals surface area (Å²) in [5.41, 5.74) is 7.61. The molecule has 0 aliphatic carbocycles. The molecule has 3 heteroatoms. The summed E-state index contributed by atoms with van der Waals surface area (Å²) < 4.78 is 5.72. The van der Waals surface area contributed by atoms with Crippen molar-refractivity contribution in [1.82, 2.24) is 4.90 Å². The summed E-state index contributed by atoms with van der Waals surface area (Å²) >= 11 is 0. The van der Waals surface area contributed by atoms with Crippen LogP contribution in [0.1, 0.15) is 11.3 Å². The molecule has 0 saturated heterocycles. The SMILES string of the molecule is CN(C)Cc1cc2ccc(CN)cc2o1. The van der Waals surface area contributed by atoms with Gasteiger partial charge in [-0.15, -0.1) is 0 Å². The molecule has 0 radical (unpaired) electrons. The molecule has 3 nitrogen and oxygen atoms in total. The largest absolute Gasteiger partial charge is 0.460 e. The Labute approximate surface area is 89.5 Å². The quantitative estimate of drug-likeness (QED) is 0.831. The van der Waals surface area contributed by atoms with Gasteiger partial charge in [0.25, 0.3) is 0 Å². The van der Waals surface area contributed by atoms with E-state index in [0.29, 0.717) is 6.54 Å². The molecule has 0 atom stereocenters. The lowest BCUT2D eigenvalue weighted by Gasteiger charge is -2.04. The van der Waals surface area contributed by atoms with Crippen molar-refractivity contribution < 1.29 is 4.42 Å². The van der Waals surface area contributed by atoms with Crippen LogP contribution < -0.4 is 5.73 Å². The van der Waals surface area contributed by atoms with Crippen LogP contribution in [0.3, 0.4) is 0 Å². The van der Waals surface area contributed by atoms with E-state index in [1.807, 2.05) is 26.2 Å². The molecule has 1 aromatic carbocycles. The molecule has 1 heterocycles. The maximum absolute atomic E-state index is 5.72. The topological polar surface area (TPSA) is 42.4 Å². The Morgan fingerprint density at radius 1 is 1.27 bits per heavy atom. The molecule has 15 heavy (non-hydrogen) atoms. The van der Waals surface area contributed by atoms with Gasteiger partial charge in [0.05, 0.1) is 6.54 Å². The zero-order chi connectivity index (χ0) is 10.8. The first kappa shape index (κ1) is 10.2. The van der Waals surface area contributed by atoms with Crippen LogP contribution in [0.2, 0.25) is 0 Å². The van der Waals surface area contributed by atoms with Crippen LogP contribution in [0.25, 0.3) is 11.0 Å². The van der Waals surface area contributed by atoms with Gasteiger partial charge in [-0.25, -0.2) is 0 Å². The second kappa shape index (κ2) is 4.04. The molecular weight excluding hydrogens is 188 g/mol. The molecule has 0 aliphatic rings. The van der Waals surface area contributed by atoms with E-state index < -0.39 is 0 Å². The molecule has 0 saturated carbocycles. The van der Waals surface area contributed by atoms with Gasteiger partial charge >= 0.3 is 0 Å². The number of hydrogen-bond donors (Lipinski definition) is 1. The Balaban J connectivity index is 2.37. The van der Waals surface area contributed by atoms with Gasteiger partial charge in [-0.2, -0.15) is 0 Å². The maximum atomic E-state index is 5.72. The van der Waals surface area contributed by atoms with E-state index in [4.69, 9.17) is 10.2 Å². The average molecular weight is 204 g/mol. The van der Waals surface area contributed by atoms with Gasteiger partial charge in [0.2, 0.25) is 0 Å². The molecule has 0 fully saturated rings. The Kier molecular flexibility index (Phi) is 2.75. The van der Waals surface area contributed by atoms with Crippen LogP contribution in [0.15, 0.2) is 28.7 Å². The highest BCUT2D eigenvalue weighted by molar-refractivity contribution is 5.78. The van der Waals surface area contributed by atoms with Gasteiger partial charge < -0.3 is 15.1 Å². The second-order valence-corrected chi connectivity index (χ2v) is 4.03. The zero-order valence-corrected chi connectivity index (χ0v) is 9.16. The van der Waals surface area contributed by atoms with E-state index in [-0.39, 0.29) is 0 Å². The summed E-state index contributed by atoms with van der Waals surface area (Å²) in [4.78, 5) is 2.08. The first-order valence-corrected chi connectivity index (χ1v) is 5.05. The third kappa shape index (κ3) is 2.19. The molecule has 2 rings (SSSR count). The summed E-state index contributed by atoms with van der Waals surface area (Å²) in [6, 6.07) is 8.18. The van der Waals surface area contributed by atoms with Crippen LogP contribution in [-0.2, 0) is 13.1 Å². The lowest BCUT2D eigenvalue weighted by molar-refractivity contribution is 0.358. The first-order chi connectivity index (χ1) is 7.19. The molecule has 1 aromatic heterocycles. The Bertz CT molecular complexity index is 460. The normalized spacial score (nSPS) is 11.5. The fourth-order valence-corrected chi connectivity index (χ4v) is 1.65. The van der Waals surface area contributed by atoms with E-state index in [9.17, 15) is 0 Å². The van der Waals surface area contributed by atoms with Crippen molar-refractivity contribution in [3.8, 4) is 0 Å². The third-order valence-corrected chi connectivity index (χ3v) is 2.34. The molecule has 0 amide bonds. The molecule has 0 aliphatic heterocycles. The number of fused-ring (bicyclic) bond motifs is 1. The molecule has 0 bridgehead atoms. The predicted octanol–water partition coefficient (Wildman–Crippen LogP) is 1.95. The highest BCUT2D eigenvalue weighted by atomic mass is 16.3. The number of rotatable bonds is 3. The predicted molar refractivity (Wildman–Crippen MR) is 61.5 cm³/mol. The minimum atomic E-state index is 0.555. The van der Waals surface area contributed by atoms with E-state index in [1.54, 1.807) is 0 Å². The minimum absolute atomic E-state index is 0.555. The van der Waals surface area contributed by atoms with Crippen molar-refractivity contribution in [2.24, 2.45) is 5.73 Å². The smallest absolute Gasteiger partial charge is 0.134 e. The van der Waals surface area contributed by atoms with E-state index in [1.165, 1.54) is 0 Å². The third-order valence-electron chi connectivity index (χ3n) is 2.34. The highest BCUT2D eigenvalue weighted by Gasteiger charge is 2.04. The summed E-state index contributed by atoms with van der Waals surface area (Å²) in [6.07, 6.45) is 0. The standard InChI is InChI=1S/C12H16N2O/c1-14(2)8-11-6-10-4-3-9(7-13)5-12(10)15-11/h3-6H,7-8,13H2,1-2H3. The van der Waals surface area contributed by atoms with Gasteiger partial charge in [0.1, 0.15) is 11.3 Å². The summed E-state index contributed by atoms with van der Waals surface area (Å²) in [5, 5.41) is 1.14. The van der Waals surface area contributed by atoms with Gasteiger partial charge in [-0.3, -0.25) is 0 Å². The van der Waals surface area contributed by atoms with E-state index >= 15 is 0 Å². The number of benzene rings is 1. The van der Waals surface area contributed by atoms with Gasteiger partial charge in [0, 0.05) is 11.9 Å². The van der Waals surface area contributed by atoms with Gasteiger partial charge in [-0.1, -0.05) is 12.1 Å². The second-order valence-electron chi connectivity index (χ2n) is 4.03. The molecule has 0 spiro atoms. The maximum Gasteiger partial charge on any atom is 0.134 e. The number of furan rings is 1. The molecule has 80 valence electrons. The number of nitrogens with zero attached hydrogens (tertiary/aromatic N) is 1. The summed E-state index contributed by atoms with van der Waals surface area (Å²) in [5.74, 6) is 0.990. The van der Waals surface area contributed by atoms with Crippen molar-refractivity contribution in [3.05, 3.63) is 35.6 Å². The minimum Gasteiger partial charge on any atom is -0.460 e. The van der Waals surface area contributed by atoms with Gasteiger partial charge in [-0.05, 0) is 31.8 Å². The Morgan fingerprint density at radius 2 is 2.07 bits per heavy atom. The molecule has 0 unspecified atom stereocenters. The Hall–Kier alpha value is -1.32. The zero-order valence-electron chi connectivity index (χ0n) is 9.16. The average Bonchev–Trinajstić information content (AvgIpc) is 2.57. The van der Waals surface area contributed by atoms with Crippen LogP contribution in [0.4, 0.5) is 0 Å². The van der Waals surface area contributed by atoms with Crippen LogP contribution in [-0.4, -0.2) is 19.0 Å². The van der Waals surface area contributed by atoms with Crippen molar-refractivity contribution in [2.45, 2.75) is 13.1 Å². The van der Waals surface area contributed by atoms with E-state index in [2.05, 4.69) is 17.0 Å². The van der Waals surface area contributed by atoms with Crippen molar-refractivity contribution in [2.75, 3.05) is 14.1 Å². The lowest BCUT2D eigenvalue weighted by Crippen LogP contribution is -2.09. The fraction of sp³-hybridized carbons (Fsp3) is 0.333. The van der Waals surface area contributed by atoms with Crippen molar-refractivity contribution >= 4 is 11.0 Å². The fourth-order valence-electron chi connectivity index (χ4n) is 1.65. The summed E-state index contributed by atoms with van der Waals surface area (Å²) in [6.45, 7) is 1.38. The molecule has 2 aromatic rings. The monoisotopic (exact) mass is 204 g/mol. The Morgan fingerprint density at radius 3 is 2.73 bits per heavy atom. The van der Waals surface area contributed by atoms with E-state index in [0.717, 1.165) is 28.8 Å². The van der Waals surface area contributed by atoms with Crippen LogP contribution >= 0.6 is 0 Å². The number of hydrogen-bond acceptors (Lipinski definition) is 3. The van der Waals surface area contributed by atoms with Crippen molar-refractivity contribution in [1.29, 1.82) is 0 Å². The van der Waals surface area contributed by atoms with Crippen LogP contribution in [0.5, 0.6) is 0 Å².